The molecule has 0 amide bonds. The first-order valence-electron chi connectivity index (χ1n) is 4.70. The summed E-state index contributed by atoms with van der Waals surface area (Å²) in [5.41, 5.74) is 6.30. The van der Waals surface area contributed by atoms with Crippen LogP contribution < -0.4 is 5.73 Å². The molecule has 2 nitrogen and oxygen atoms in total. The summed E-state index contributed by atoms with van der Waals surface area (Å²) < 4.78 is 0. The van der Waals surface area contributed by atoms with Gasteiger partial charge in [-0.05, 0) is 12.1 Å². The molecule has 1 atom stereocenters. The van der Waals surface area contributed by atoms with Crippen LogP contribution in [0.5, 0.6) is 0 Å². The fourth-order valence-corrected chi connectivity index (χ4v) is 1.93. The van der Waals surface area contributed by atoms with Crippen LogP contribution in [0, 0.1) is 5.41 Å². The van der Waals surface area contributed by atoms with Gasteiger partial charge >= 0.3 is 0 Å². The first kappa shape index (κ1) is 12.8. The van der Waals surface area contributed by atoms with Gasteiger partial charge in [-0.1, -0.05) is 43.1 Å². The molecule has 1 aromatic carbocycles. The lowest BCUT2D eigenvalue weighted by atomic mass is 9.82. The molecule has 0 fully saturated rings. The van der Waals surface area contributed by atoms with E-state index in [0.29, 0.717) is 15.6 Å². The van der Waals surface area contributed by atoms with Gasteiger partial charge in [-0.2, -0.15) is 0 Å². The summed E-state index contributed by atoms with van der Waals surface area (Å²) in [7, 11) is 0. The van der Waals surface area contributed by atoms with Crippen LogP contribution in [-0.2, 0) is 0 Å². The van der Waals surface area contributed by atoms with Crippen LogP contribution in [-0.4, -0.2) is 11.7 Å². The van der Waals surface area contributed by atoms with Gasteiger partial charge in [0.15, 0.2) is 0 Å². The first-order valence-corrected chi connectivity index (χ1v) is 5.46. The van der Waals surface area contributed by atoms with Gasteiger partial charge in [-0.3, -0.25) is 0 Å². The van der Waals surface area contributed by atoms with Crippen molar-refractivity contribution in [2.45, 2.75) is 19.9 Å². The van der Waals surface area contributed by atoms with Crippen LogP contribution in [0.2, 0.25) is 10.0 Å². The van der Waals surface area contributed by atoms with Gasteiger partial charge in [0.25, 0.3) is 0 Å². The largest absolute Gasteiger partial charge is 0.396 e. The number of halogens is 2. The maximum Gasteiger partial charge on any atom is 0.0500 e. The van der Waals surface area contributed by atoms with Crippen molar-refractivity contribution in [1.29, 1.82) is 0 Å². The molecule has 0 saturated carbocycles. The Morgan fingerprint density at radius 2 is 1.80 bits per heavy atom. The molecule has 4 heteroatoms. The van der Waals surface area contributed by atoms with Gasteiger partial charge in [0.05, 0.1) is 0 Å². The Morgan fingerprint density at radius 1 is 1.33 bits per heavy atom. The molecular weight excluding hydrogens is 233 g/mol. The Balaban J connectivity index is 3.16. The highest BCUT2D eigenvalue weighted by Gasteiger charge is 2.29. The minimum absolute atomic E-state index is 0.0181. The molecule has 0 aliphatic rings. The van der Waals surface area contributed by atoms with Crippen molar-refractivity contribution in [3.63, 3.8) is 0 Å². The van der Waals surface area contributed by atoms with Crippen LogP contribution in [0.25, 0.3) is 0 Å². The van der Waals surface area contributed by atoms with Gasteiger partial charge in [0.2, 0.25) is 0 Å². The molecule has 1 rings (SSSR count). The van der Waals surface area contributed by atoms with Crippen molar-refractivity contribution in [2.24, 2.45) is 11.1 Å². The Bertz CT molecular complexity index is 332. The second kappa shape index (κ2) is 4.71. The van der Waals surface area contributed by atoms with Gasteiger partial charge < -0.3 is 10.8 Å². The maximum atomic E-state index is 9.24. The van der Waals surface area contributed by atoms with E-state index < -0.39 is 5.41 Å². The van der Waals surface area contributed by atoms with E-state index >= 15 is 0 Å². The molecule has 0 heterocycles. The fraction of sp³-hybridized carbons (Fsp3) is 0.455. The molecule has 0 unspecified atom stereocenters. The lowest BCUT2D eigenvalue weighted by molar-refractivity contribution is 0.132. The van der Waals surface area contributed by atoms with Crippen LogP contribution in [0.1, 0.15) is 25.5 Å². The van der Waals surface area contributed by atoms with Crippen molar-refractivity contribution >= 4 is 23.2 Å². The molecule has 15 heavy (non-hydrogen) atoms. The van der Waals surface area contributed by atoms with E-state index in [0.717, 1.165) is 0 Å². The highest BCUT2D eigenvalue weighted by Crippen LogP contribution is 2.38. The van der Waals surface area contributed by atoms with E-state index in [9.17, 15) is 5.11 Å². The Kier molecular flexibility index (Phi) is 4.01. The SMILES string of the molecule is CC(C)(CO)[C@@H](N)c1c(Cl)cccc1Cl. The van der Waals surface area contributed by atoms with E-state index in [1.807, 2.05) is 13.8 Å². The smallest absolute Gasteiger partial charge is 0.0500 e. The molecule has 0 aliphatic carbocycles. The summed E-state index contributed by atoms with van der Waals surface area (Å²) in [6.45, 7) is 3.73. The van der Waals surface area contributed by atoms with Crippen LogP contribution in [0.3, 0.4) is 0 Å². The minimum atomic E-state index is -0.450. The van der Waals surface area contributed by atoms with Crippen molar-refractivity contribution < 1.29 is 5.11 Å². The summed E-state index contributed by atoms with van der Waals surface area (Å²) in [6.07, 6.45) is 0. The molecule has 0 aliphatic heterocycles. The highest BCUT2D eigenvalue weighted by molar-refractivity contribution is 6.36. The molecular formula is C11H15Cl2NO. The van der Waals surface area contributed by atoms with Crippen molar-refractivity contribution in [2.75, 3.05) is 6.61 Å². The lowest BCUT2D eigenvalue weighted by Gasteiger charge is -2.30. The average molecular weight is 248 g/mol. The van der Waals surface area contributed by atoms with E-state index in [1.54, 1.807) is 18.2 Å². The van der Waals surface area contributed by atoms with E-state index in [4.69, 9.17) is 28.9 Å². The second-order valence-electron chi connectivity index (χ2n) is 4.26. The monoisotopic (exact) mass is 247 g/mol. The summed E-state index contributed by atoms with van der Waals surface area (Å²) in [4.78, 5) is 0. The predicted octanol–water partition coefficient (Wildman–Crippen LogP) is 3.01. The third-order valence-electron chi connectivity index (χ3n) is 2.56. The fourth-order valence-electron chi connectivity index (χ4n) is 1.30. The van der Waals surface area contributed by atoms with Crippen LogP contribution in [0.15, 0.2) is 18.2 Å². The highest BCUT2D eigenvalue weighted by atomic mass is 35.5. The van der Waals surface area contributed by atoms with E-state index in [2.05, 4.69) is 0 Å². The standard InChI is InChI=1S/C11H15Cl2NO/c1-11(2,6-15)10(14)9-7(12)4-3-5-8(9)13/h3-5,10,15H,6,14H2,1-2H3/t10-/m0/s1. The molecule has 0 radical (unpaired) electrons. The van der Waals surface area contributed by atoms with Crippen molar-refractivity contribution in [3.8, 4) is 0 Å². The van der Waals surface area contributed by atoms with Crippen molar-refractivity contribution in [3.05, 3.63) is 33.8 Å². The Hall–Kier alpha value is -0.280. The number of nitrogens with two attached hydrogens (primary N) is 1. The summed E-state index contributed by atoms with van der Waals surface area (Å²) >= 11 is 12.1. The predicted molar refractivity (Wildman–Crippen MR) is 64.3 cm³/mol. The quantitative estimate of drug-likeness (QED) is 0.863. The number of aliphatic hydroxyl groups excluding tert-OH is 1. The molecule has 0 saturated heterocycles. The lowest BCUT2D eigenvalue weighted by Crippen LogP contribution is -2.32. The second-order valence-corrected chi connectivity index (χ2v) is 5.07. The number of benzene rings is 1. The normalized spacial score (nSPS) is 14.0. The average Bonchev–Trinajstić information content (AvgIpc) is 2.17. The van der Waals surface area contributed by atoms with Gasteiger partial charge in [0.1, 0.15) is 0 Å². The topological polar surface area (TPSA) is 46.2 Å². The number of aliphatic hydroxyl groups is 1. The zero-order valence-electron chi connectivity index (χ0n) is 8.80. The van der Waals surface area contributed by atoms with Crippen LogP contribution >= 0.6 is 23.2 Å². The molecule has 0 spiro atoms. The molecule has 84 valence electrons. The number of rotatable bonds is 3. The Labute approximate surface area is 100.0 Å². The zero-order valence-corrected chi connectivity index (χ0v) is 10.3. The first-order chi connectivity index (χ1) is 6.90. The van der Waals surface area contributed by atoms with Gasteiger partial charge in [-0.25, -0.2) is 0 Å². The third-order valence-corrected chi connectivity index (χ3v) is 3.22. The number of hydrogen-bond acceptors (Lipinski definition) is 2. The van der Waals surface area contributed by atoms with E-state index in [-0.39, 0.29) is 12.6 Å². The van der Waals surface area contributed by atoms with Gasteiger partial charge in [-0.15, -0.1) is 0 Å². The van der Waals surface area contributed by atoms with Crippen LogP contribution in [0.4, 0.5) is 0 Å². The van der Waals surface area contributed by atoms with E-state index in [1.165, 1.54) is 0 Å². The van der Waals surface area contributed by atoms with Crippen molar-refractivity contribution in [1.82, 2.24) is 0 Å². The molecule has 0 bridgehead atoms. The molecule has 3 N–H and O–H groups in total. The summed E-state index contributed by atoms with van der Waals surface area (Å²) in [5.74, 6) is 0. The summed E-state index contributed by atoms with van der Waals surface area (Å²) in [5, 5.41) is 10.3. The minimum Gasteiger partial charge on any atom is -0.396 e. The third kappa shape index (κ3) is 2.64. The number of hydrogen-bond donors (Lipinski definition) is 2. The maximum absolute atomic E-state index is 9.24. The van der Waals surface area contributed by atoms with Gasteiger partial charge in [0, 0.05) is 33.7 Å². The molecule has 0 aromatic heterocycles. The summed E-state index contributed by atoms with van der Waals surface area (Å²) in [6, 6.07) is 4.88. The zero-order chi connectivity index (χ0) is 11.6. The Morgan fingerprint density at radius 3 is 2.20 bits per heavy atom. The molecule has 1 aromatic rings.